The fraction of sp³-hybridized carbons (Fsp3) is 0.417. The zero-order valence-corrected chi connectivity index (χ0v) is 10.6. The maximum absolute atomic E-state index is 11.7. The number of ether oxygens (including phenoxy) is 1. The number of Topliss-reactive ketones (excluding diaryl/α,β-unsaturated/α-hetero) is 1. The highest BCUT2D eigenvalue weighted by atomic mass is 32.2. The Morgan fingerprint density at radius 2 is 2.18 bits per heavy atom. The van der Waals surface area contributed by atoms with Crippen molar-refractivity contribution in [3.8, 4) is 5.75 Å². The molecule has 1 atom stereocenters. The molecule has 0 aliphatic carbocycles. The molecule has 0 saturated carbocycles. The third-order valence-corrected chi connectivity index (χ3v) is 3.40. The Balaban J connectivity index is 2.24. The zero-order chi connectivity index (χ0) is 12.6. The van der Waals surface area contributed by atoms with E-state index in [4.69, 9.17) is 4.74 Å². The van der Waals surface area contributed by atoms with Crippen LogP contribution in [0.3, 0.4) is 0 Å². The molecule has 0 spiro atoms. The molecule has 92 valence electrons. The van der Waals surface area contributed by atoms with E-state index in [2.05, 4.69) is 0 Å². The number of ketones is 1. The van der Waals surface area contributed by atoms with Crippen LogP contribution in [0, 0.1) is 0 Å². The molecular formula is C12H14O4S. The maximum atomic E-state index is 11.7. The Hall–Kier alpha value is -1.36. The minimum atomic E-state index is -3.28. The van der Waals surface area contributed by atoms with E-state index >= 15 is 0 Å². The molecule has 5 heteroatoms. The van der Waals surface area contributed by atoms with Crippen LogP contribution in [0.1, 0.15) is 22.8 Å². The van der Waals surface area contributed by atoms with E-state index in [-0.39, 0.29) is 11.9 Å². The van der Waals surface area contributed by atoms with Crippen molar-refractivity contribution in [3.63, 3.8) is 0 Å². The molecule has 17 heavy (non-hydrogen) atoms. The normalized spacial score (nSPS) is 18.6. The summed E-state index contributed by atoms with van der Waals surface area (Å²) < 4.78 is 27.6. The standard InChI is InChI=1S/C12H14O4S/c1-8-5-10-6-9(3-4-12(10)16-8)11(13)7-17(2,14)15/h3-4,6,8H,5,7H2,1-2H3. The lowest BCUT2D eigenvalue weighted by atomic mass is 10.1. The van der Waals surface area contributed by atoms with Gasteiger partial charge in [-0.1, -0.05) is 0 Å². The molecule has 1 aliphatic heterocycles. The largest absolute Gasteiger partial charge is 0.490 e. The van der Waals surface area contributed by atoms with Gasteiger partial charge >= 0.3 is 0 Å². The van der Waals surface area contributed by atoms with Crippen molar-refractivity contribution in [2.24, 2.45) is 0 Å². The molecule has 2 rings (SSSR count). The van der Waals surface area contributed by atoms with E-state index in [0.29, 0.717) is 5.56 Å². The number of carbonyl (C=O) groups is 1. The molecule has 1 aromatic carbocycles. The molecule has 0 radical (unpaired) electrons. The van der Waals surface area contributed by atoms with Crippen LogP contribution in [0.15, 0.2) is 18.2 Å². The number of sulfone groups is 1. The number of benzene rings is 1. The van der Waals surface area contributed by atoms with Crippen molar-refractivity contribution in [1.29, 1.82) is 0 Å². The number of fused-ring (bicyclic) bond motifs is 1. The first-order valence-corrected chi connectivity index (χ1v) is 7.42. The van der Waals surface area contributed by atoms with Crippen LogP contribution in [-0.2, 0) is 16.3 Å². The highest BCUT2D eigenvalue weighted by Crippen LogP contribution is 2.29. The van der Waals surface area contributed by atoms with Crippen LogP contribution < -0.4 is 4.74 Å². The molecule has 0 saturated heterocycles. The van der Waals surface area contributed by atoms with Crippen LogP contribution >= 0.6 is 0 Å². The monoisotopic (exact) mass is 254 g/mol. The van der Waals surface area contributed by atoms with Crippen LogP contribution in [0.4, 0.5) is 0 Å². The molecule has 0 fully saturated rings. The molecule has 1 aromatic rings. The summed E-state index contributed by atoms with van der Waals surface area (Å²) in [4.78, 5) is 11.7. The fourth-order valence-corrected chi connectivity index (χ4v) is 2.56. The molecular weight excluding hydrogens is 240 g/mol. The molecule has 0 N–H and O–H groups in total. The minimum absolute atomic E-state index is 0.116. The number of rotatable bonds is 3. The highest BCUT2D eigenvalue weighted by Gasteiger charge is 2.21. The summed E-state index contributed by atoms with van der Waals surface area (Å²) in [5, 5.41) is 0. The van der Waals surface area contributed by atoms with Gasteiger partial charge in [0.25, 0.3) is 0 Å². The number of carbonyl (C=O) groups excluding carboxylic acids is 1. The van der Waals surface area contributed by atoms with E-state index in [0.717, 1.165) is 24.0 Å². The van der Waals surface area contributed by atoms with Crippen molar-refractivity contribution in [3.05, 3.63) is 29.3 Å². The van der Waals surface area contributed by atoms with Gasteiger partial charge in [0, 0.05) is 18.2 Å². The molecule has 1 aliphatic rings. The van der Waals surface area contributed by atoms with Gasteiger partial charge in [-0.05, 0) is 30.7 Å². The average Bonchev–Trinajstić information content (AvgIpc) is 2.53. The van der Waals surface area contributed by atoms with Gasteiger partial charge in [-0.3, -0.25) is 4.79 Å². The van der Waals surface area contributed by atoms with E-state index in [1.165, 1.54) is 0 Å². The second-order valence-corrected chi connectivity index (χ2v) is 6.59. The summed E-state index contributed by atoms with van der Waals surface area (Å²) >= 11 is 0. The second kappa shape index (κ2) is 4.14. The first-order chi connectivity index (χ1) is 7.85. The average molecular weight is 254 g/mol. The van der Waals surface area contributed by atoms with Gasteiger partial charge < -0.3 is 4.74 Å². The fourth-order valence-electron chi connectivity index (χ4n) is 1.92. The summed E-state index contributed by atoms with van der Waals surface area (Å²) in [5.41, 5.74) is 1.41. The summed E-state index contributed by atoms with van der Waals surface area (Å²) in [6.45, 7) is 1.96. The van der Waals surface area contributed by atoms with Crippen molar-refractivity contribution in [1.82, 2.24) is 0 Å². The molecule has 0 bridgehead atoms. The first-order valence-electron chi connectivity index (χ1n) is 5.35. The van der Waals surface area contributed by atoms with Crippen LogP contribution in [0.5, 0.6) is 5.75 Å². The number of hydrogen-bond acceptors (Lipinski definition) is 4. The lowest BCUT2D eigenvalue weighted by Crippen LogP contribution is -2.14. The Morgan fingerprint density at radius 3 is 2.82 bits per heavy atom. The van der Waals surface area contributed by atoms with Gasteiger partial charge in [0.2, 0.25) is 0 Å². The summed E-state index contributed by atoms with van der Waals surface area (Å²) in [6.07, 6.45) is 1.93. The van der Waals surface area contributed by atoms with E-state index in [1.54, 1.807) is 18.2 Å². The van der Waals surface area contributed by atoms with Crippen LogP contribution in [-0.4, -0.2) is 32.3 Å². The molecule has 0 amide bonds. The topological polar surface area (TPSA) is 60.4 Å². The third-order valence-electron chi connectivity index (χ3n) is 2.61. The maximum Gasteiger partial charge on any atom is 0.177 e. The predicted octanol–water partition coefficient (Wildman–Crippen LogP) is 1.24. The third kappa shape index (κ3) is 2.85. The van der Waals surface area contributed by atoms with Crippen LogP contribution in [0.25, 0.3) is 0 Å². The minimum Gasteiger partial charge on any atom is -0.490 e. The quantitative estimate of drug-likeness (QED) is 0.761. The lowest BCUT2D eigenvalue weighted by molar-refractivity contribution is 0.102. The van der Waals surface area contributed by atoms with Crippen molar-refractivity contribution in [2.45, 2.75) is 19.4 Å². The number of hydrogen-bond donors (Lipinski definition) is 0. The van der Waals surface area contributed by atoms with E-state index in [1.807, 2.05) is 6.92 Å². The van der Waals surface area contributed by atoms with E-state index in [9.17, 15) is 13.2 Å². The Kier molecular flexibility index (Phi) is 2.95. The van der Waals surface area contributed by atoms with E-state index < -0.39 is 15.6 Å². The second-order valence-electron chi connectivity index (χ2n) is 4.45. The highest BCUT2D eigenvalue weighted by molar-refractivity contribution is 7.91. The van der Waals surface area contributed by atoms with Gasteiger partial charge in [0.1, 0.15) is 17.6 Å². The van der Waals surface area contributed by atoms with Gasteiger partial charge in [-0.15, -0.1) is 0 Å². The van der Waals surface area contributed by atoms with Gasteiger partial charge in [0.15, 0.2) is 15.6 Å². The predicted molar refractivity (Wildman–Crippen MR) is 64.3 cm³/mol. The van der Waals surface area contributed by atoms with Gasteiger partial charge in [-0.25, -0.2) is 8.42 Å². The van der Waals surface area contributed by atoms with Crippen molar-refractivity contribution >= 4 is 15.6 Å². The smallest absolute Gasteiger partial charge is 0.177 e. The summed E-state index contributed by atoms with van der Waals surface area (Å²) in [5.74, 6) is -0.0226. The zero-order valence-electron chi connectivity index (χ0n) is 9.76. The Morgan fingerprint density at radius 1 is 1.47 bits per heavy atom. The molecule has 0 aromatic heterocycles. The summed E-state index contributed by atoms with van der Waals surface area (Å²) in [7, 11) is -3.28. The lowest BCUT2D eigenvalue weighted by Gasteiger charge is -2.03. The molecule has 1 heterocycles. The van der Waals surface area contributed by atoms with Gasteiger partial charge in [0.05, 0.1) is 0 Å². The molecule has 1 unspecified atom stereocenters. The Bertz CT molecular complexity index is 560. The summed E-state index contributed by atoms with van der Waals surface area (Å²) in [6, 6.07) is 5.07. The SMILES string of the molecule is CC1Cc2cc(C(=O)CS(C)(=O)=O)ccc2O1. The Labute approximate surface area is 101 Å². The molecule has 4 nitrogen and oxygen atoms in total. The van der Waals surface area contributed by atoms with Crippen LogP contribution in [0.2, 0.25) is 0 Å². The van der Waals surface area contributed by atoms with Crippen molar-refractivity contribution in [2.75, 3.05) is 12.0 Å². The van der Waals surface area contributed by atoms with Crippen molar-refractivity contribution < 1.29 is 17.9 Å². The first kappa shape index (κ1) is 12.1. The van der Waals surface area contributed by atoms with Gasteiger partial charge in [-0.2, -0.15) is 0 Å².